The first-order valence-electron chi connectivity index (χ1n) is 9.86. The molecular weight excluding hydrogens is 413 g/mol. The van der Waals surface area contributed by atoms with Crippen LogP contribution in [0.25, 0.3) is 0 Å². The van der Waals surface area contributed by atoms with Crippen LogP contribution < -0.4 is 5.32 Å². The number of alkyl halides is 3. The largest absolute Gasteiger partial charge is 0.416 e. The Labute approximate surface area is 180 Å². The Kier molecular flexibility index (Phi) is 9.48. The van der Waals surface area contributed by atoms with E-state index >= 15 is 0 Å². The van der Waals surface area contributed by atoms with Gasteiger partial charge in [0.2, 0.25) is 0 Å². The summed E-state index contributed by atoms with van der Waals surface area (Å²) in [5.74, 6) is 2.68. The van der Waals surface area contributed by atoms with Gasteiger partial charge in [0.05, 0.1) is 5.56 Å². The van der Waals surface area contributed by atoms with E-state index in [1.54, 1.807) is 18.1 Å². The number of halogens is 3. The molecule has 1 N–H and O–H groups in total. The van der Waals surface area contributed by atoms with E-state index in [0.29, 0.717) is 26.2 Å². The maximum atomic E-state index is 12.8. The standard InChI is InChI=1S/C20H29F3N6S/c1-4-18-27-26-15-29(18)12-11-25-19(24-10-5-13-30-3)28(2)14-16-6-8-17(9-7-16)20(21,22)23/h6-9,15H,4-5,10-14H2,1-3H3,(H,24,25). The number of hydrogen-bond acceptors (Lipinski definition) is 4. The summed E-state index contributed by atoms with van der Waals surface area (Å²) in [6, 6.07) is 5.25. The van der Waals surface area contributed by atoms with Gasteiger partial charge in [0.25, 0.3) is 0 Å². The zero-order valence-electron chi connectivity index (χ0n) is 17.6. The highest BCUT2D eigenvalue weighted by molar-refractivity contribution is 7.98. The molecule has 0 fully saturated rings. The highest BCUT2D eigenvalue weighted by atomic mass is 32.2. The summed E-state index contributed by atoms with van der Waals surface area (Å²) in [5, 5.41) is 11.4. The molecule has 1 heterocycles. The van der Waals surface area contributed by atoms with Crippen molar-refractivity contribution in [1.29, 1.82) is 0 Å². The first-order valence-corrected chi connectivity index (χ1v) is 11.3. The first-order chi connectivity index (χ1) is 14.3. The molecule has 166 valence electrons. The van der Waals surface area contributed by atoms with Crippen LogP contribution in [0.3, 0.4) is 0 Å². The van der Waals surface area contributed by atoms with E-state index in [1.165, 1.54) is 12.1 Å². The number of benzene rings is 1. The summed E-state index contributed by atoms with van der Waals surface area (Å²) in [5.41, 5.74) is 0.148. The fraction of sp³-hybridized carbons (Fsp3) is 0.550. The minimum Gasteiger partial charge on any atom is -0.354 e. The normalized spacial score (nSPS) is 12.3. The monoisotopic (exact) mass is 442 g/mol. The fourth-order valence-corrected chi connectivity index (χ4v) is 3.30. The number of nitrogens with one attached hydrogen (secondary N) is 1. The lowest BCUT2D eigenvalue weighted by Gasteiger charge is -2.23. The van der Waals surface area contributed by atoms with E-state index in [0.717, 1.165) is 48.1 Å². The molecule has 30 heavy (non-hydrogen) atoms. The maximum absolute atomic E-state index is 12.8. The molecule has 2 aromatic rings. The zero-order valence-corrected chi connectivity index (χ0v) is 18.4. The third-order valence-corrected chi connectivity index (χ3v) is 5.18. The molecular formula is C20H29F3N6S. The van der Waals surface area contributed by atoms with Crippen molar-refractivity contribution in [3.8, 4) is 0 Å². The predicted octanol–water partition coefficient (Wildman–Crippen LogP) is 3.69. The number of nitrogens with zero attached hydrogens (tertiary/aromatic N) is 5. The summed E-state index contributed by atoms with van der Waals surface area (Å²) in [6.45, 7) is 4.52. The lowest BCUT2D eigenvalue weighted by Crippen LogP contribution is -2.40. The van der Waals surface area contributed by atoms with Gasteiger partial charge in [-0.05, 0) is 36.1 Å². The first kappa shape index (κ1) is 24.0. The maximum Gasteiger partial charge on any atom is 0.416 e. The Bertz CT molecular complexity index is 789. The molecule has 1 aromatic heterocycles. The molecule has 0 radical (unpaired) electrons. The van der Waals surface area contributed by atoms with Crippen LogP contribution in [-0.4, -0.2) is 57.8 Å². The van der Waals surface area contributed by atoms with Crippen LogP contribution in [0.2, 0.25) is 0 Å². The van der Waals surface area contributed by atoms with Crippen molar-refractivity contribution < 1.29 is 13.2 Å². The SMILES string of the molecule is CCc1nncn1CCNC(=NCCCSC)N(C)Cc1ccc(C(F)(F)F)cc1. The average molecular weight is 443 g/mol. The molecule has 0 amide bonds. The predicted molar refractivity (Wildman–Crippen MR) is 116 cm³/mol. The lowest BCUT2D eigenvalue weighted by atomic mass is 10.1. The van der Waals surface area contributed by atoms with Gasteiger partial charge in [0.15, 0.2) is 5.96 Å². The molecule has 10 heteroatoms. The van der Waals surface area contributed by atoms with Crippen molar-refractivity contribution in [2.45, 2.75) is 39.0 Å². The number of aryl methyl sites for hydroxylation is 1. The summed E-state index contributed by atoms with van der Waals surface area (Å²) in [6.07, 6.45) is 1.22. The highest BCUT2D eigenvalue weighted by Crippen LogP contribution is 2.29. The summed E-state index contributed by atoms with van der Waals surface area (Å²) < 4.78 is 40.3. The Morgan fingerprint density at radius 1 is 1.27 bits per heavy atom. The van der Waals surface area contributed by atoms with Gasteiger partial charge >= 0.3 is 6.18 Å². The van der Waals surface area contributed by atoms with Gasteiger partial charge in [-0.15, -0.1) is 10.2 Å². The average Bonchev–Trinajstić information content (AvgIpc) is 3.17. The van der Waals surface area contributed by atoms with Gasteiger partial charge in [0, 0.05) is 39.6 Å². The van der Waals surface area contributed by atoms with Crippen molar-refractivity contribution in [3.05, 3.63) is 47.5 Å². The van der Waals surface area contributed by atoms with E-state index in [4.69, 9.17) is 0 Å². The number of hydrogen-bond donors (Lipinski definition) is 1. The van der Waals surface area contributed by atoms with E-state index < -0.39 is 11.7 Å². The fourth-order valence-electron chi connectivity index (χ4n) is 2.88. The molecule has 0 aliphatic carbocycles. The molecule has 0 aliphatic rings. The summed E-state index contributed by atoms with van der Waals surface area (Å²) in [4.78, 5) is 6.60. The van der Waals surface area contributed by atoms with E-state index in [1.807, 2.05) is 23.4 Å². The van der Waals surface area contributed by atoms with E-state index in [9.17, 15) is 13.2 Å². The molecule has 0 unspecified atom stereocenters. The third kappa shape index (κ3) is 7.55. The number of rotatable bonds is 10. The molecule has 0 saturated heterocycles. The van der Waals surface area contributed by atoms with Crippen LogP contribution >= 0.6 is 11.8 Å². The third-order valence-electron chi connectivity index (χ3n) is 4.48. The topological polar surface area (TPSA) is 58.3 Å². The Morgan fingerprint density at radius 3 is 2.63 bits per heavy atom. The summed E-state index contributed by atoms with van der Waals surface area (Å²) >= 11 is 1.78. The Morgan fingerprint density at radius 2 is 2.00 bits per heavy atom. The van der Waals surface area contributed by atoms with Crippen molar-refractivity contribution >= 4 is 17.7 Å². The second-order valence-electron chi connectivity index (χ2n) is 6.82. The van der Waals surface area contributed by atoms with Gasteiger partial charge < -0.3 is 14.8 Å². The minimum absolute atomic E-state index is 0.458. The molecule has 1 aromatic carbocycles. The molecule has 0 atom stereocenters. The zero-order chi connectivity index (χ0) is 22.0. The molecule has 0 spiro atoms. The molecule has 2 rings (SSSR count). The van der Waals surface area contributed by atoms with Crippen LogP contribution in [0.1, 0.15) is 30.3 Å². The molecule has 0 saturated carbocycles. The van der Waals surface area contributed by atoms with Crippen LogP contribution in [0.5, 0.6) is 0 Å². The Balaban J connectivity index is 1.99. The van der Waals surface area contributed by atoms with E-state index in [2.05, 4.69) is 26.8 Å². The van der Waals surface area contributed by atoms with Crippen molar-refractivity contribution in [2.75, 3.05) is 32.1 Å². The Hall–Kier alpha value is -2.23. The van der Waals surface area contributed by atoms with E-state index in [-0.39, 0.29) is 0 Å². The van der Waals surface area contributed by atoms with Crippen LogP contribution in [0.15, 0.2) is 35.6 Å². The van der Waals surface area contributed by atoms with Crippen molar-refractivity contribution in [1.82, 2.24) is 25.0 Å². The molecule has 0 aliphatic heterocycles. The van der Waals surface area contributed by atoms with Crippen LogP contribution in [0, 0.1) is 0 Å². The smallest absolute Gasteiger partial charge is 0.354 e. The van der Waals surface area contributed by atoms with Gasteiger partial charge in [-0.2, -0.15) is 24.9 Å². The highest BCUT2D eigenvalue weighted by Gasteiger charge is 2.29. The van der Waals surface area contributed by atoms with Gasteiger partial charge in [-0.25, -0.2) is 0 Å². The molecule has 6 nitrogen and oxygen atoms in total. The summed E-state index contributed by atoms with van der Waals surface area (Å²) in [7, 11) is 1.88. The molecule has 0 bridgehead atoms. The lowest BCUT2D eigenvalue weighted by molar-refractivity contribution is -0.137. The second-order valence-corrected chi connectivity index (χ2v) is 7.81. The van der Waals surface area contributed by atoms with Gasteiger partial charge in [-0.1, -0.05) is 19.1 Å². The van der Waals surface area contributed by atoms with Crippen molar-refractivity contribution in [3.63, 3.8) is 0 Å². The minimum atomic E-state index is -4.32. The number of aromatic nitrogens is 3. The van der Waals surface area contributed by atoms with Gasteiger partial charge in [0.1, 0.15) is 12.2 Å². The number of aliphatic imine (C=N–C) groups is 1. The van der Waals surface area contributed by atoms with Crippen LogP contribution in [0.4, 0.5) is 13.2 Å². The number of thioether (sulfide) groups is 1. The van der Waals surface area contributed by atoms with Crippen LogP contribution in [-0.2, 0) is 25.7 Å². The second kappa shape index (κ2) is 11.8. The van der Waals surface area contributed by atoms with Crippen molar-refractivity contribution in [2.24, 2.45) is 4.99 Å². The number of guanidine groups is 1. The van der Waals surface area contributed by atoms with Gasteiger partial charge in [-0.3, -0.25) is 4.99 Å². The quantitative estimate of drug-likeness (QED) is 0.346.